The van der Waals surface area contributed by atoms with Gasteiger partial charge in [0.1, 0.15) is 5.76 Å². The molecule has 1 heterocycles. The molecule has 1 N–H and O–H groups in total. The van der Waals surface area contributed by atoms with Crippen LogP contribution in [0.2, 0.25) is 0 Å². The van der Waals surface area contributed by atoms with Crippen molar-refractivity contribution in [2.24, 2.45) is 0 Å². The smallest absolute Gasteiger partial charge is 0.317 e. The summed E-state index contributed by atoms with van der Waals surface area (Å²) < 4.78 is 5.14. The molecule has 0 aliphatic carbocycles. The Morgan fingerprint density at radius 2 is 1.92 bits per heavy atom. The summed E-state index contributed by atoms with van der Waals surface area (Å²) in [6.45, 7) is 4.71. The molecule has 0 atom stereocenters. The standard InChI is InChI=1S/C19H21N3O2/c1-13-18(14(2)24-21-13)12-22(3)19(23)20-11-15-8-9-16-6-4-5-7-17(16)10-15/h4-10H,11-12H2,1-3H3,(H,20,23). The van der Waals surface area contributed by atoms with Gasteiger partial charge in [0.25, 0.3) is 0 Å². The molecule has 3 aromatic rings. The molecule has 124 valence electrons. The zero-order valence-electron chi connectivity index (χ0n) is 14.2. The summed E-state index contributed by atoms with van der Waals surface area (Å²) in [5, 5.41) is 9.24. The van der Waals surface area contributed by atoms with Crippen LogP contribution >= 0.6 is 0 Å². The average Bonchev–Trinajstić information content (AvgIpc) is 2.91. The molecular formula is C19H21N3O2. The summed E-state index contributed by atoms with van der Waals surface area (Å²) >= 11 is 0. The highest BCUT2D eigenvalue weighted by Gasteiger charge is 2.15. The van der Waals surface area contributed by atoms with E-state index < -0.39 is 0 Å². The van der Waals surface area contributed by atoms with E-state index in [0.717, 1.165) is 22.6 Å². The number of aryl methyl sites for hydroxylation is 2. The van der Waals surface area contributed by atoms with Crippen LogP contribution in [0.1, 0.15) is 22.6 Å². The van der Waals surface area contributed by atoms with Crippen LogP contribution in [-0.4, -0.2) is 23.1 Å². The Morgan fingerprint density at radius 3 is 2.62 bits per heavy atom. The molecule has 24 heavy (non-hydrogen) atoms. The second-order valence-corrected chi connectivity index (χ2v) is 6.00. The number of nitrogens with one attached hydrogen (secondary N) is 1. The molecule has 2 amide bonds. The van der Waals surface area contributed by atoms with Crippen molar-refractivity contribution in [3.8, 4) is 0 Å². The molecule has 3 rings (SSSR count). The zero-order chi connectivity index (χ0) is 17.1. The molecule has 5 heteroatoms. The number of amides is 2. The van der Waals surface area contributed by atoms with Gasteiger partial charge in [0.05, 0.1) is 12.2 Å². The Labute approximate surface area is 141 Å². The first-order valence-corrected chi connectivity index (χ1v) is 7.93. The lowest BCUT2D eigenvalue weighted by Gasteiger charge is -2.18. The van der Waals surface area contributed by atoms with Gasteiger partial charge in [-0.3, -0.25) is 0 Å². The Kier molecular flexibility index (Phi) is 4.51. The molecule has 0 unspecified atom stereocenters. The maximum atomic E-state index is 12.3. The number of carbonyl (C=O) groups is 1. The minimum atomic E-state index is -0.122. The van der Waals surface area contributed by atoms with Crippen molar-refractivity contribution >= 4 is 16.8 Å². The van der Waals surface area contributed by atoms with Crippen LogP contribution in [0.15, 0.2) is 47.0 Å². The van der Waals surface area contributed by atoms with Crippen LogP contribution in [0.25, 0.3) is 10.8 Å². The minimum absolute atomic E-state index is 0.122. The third kappa shape index (κ3) is 3.40. The fourth-order valence-corrected chi connectivity index (χ4v) is 2.70. The Bertz CT molecular complexity index is 850. The number of benzene rings is 2. The first-order valence-electron chi connectivity index (χ1n) is 7.93. The van der Waals surface area contributed by atoms with Crippen molar-refractivity contribution in [1.29, 1.82) is 0 Å². The Morgan fingerprint density at radius 1 is 1.17 bits per heavy atom. The molecule has 0 fully saturated rings. The maximum Gasteiger partial charge on any atom is 0.317 e. The molecule has 1 aromatic heterocycles. The summed E-state index contributed by atoms with van der Waals surface area (Å²) in [6, 6.07) is 14.3. The van der Waals surface area contributed by atoms with E-state index >= 15 is 0 Å². The van der Waals surface area contributed by atoms with Gasteiger partial charge in [0, 0.05) is 19.2 Å². The average molecular weight is 323 g/mol. The lowest BCUT2D eigenvalue weighted by molar-refractivity contribution is 0.206. The number of hydrogen-bond acceptors (Lipinski definition) is 3. The number of hydrogen-bond donors (Lipinski definition) is 1. The topological polar surface area (TPSA) is 58.4 Å². The number of nitrogens with zero attached hydrogens (tertiary/aromatic N) is 2. The van der Waals surface area contributed by atoms with E-state index in [1.807, 2.05) is 32.0 Å². The minimum Gasteiger partial charge on any atom is -0.361 e. The van der Waals surface area contributed by atoms with Crippen molar-refractivity contribution in [3.63, 3.8) is 0 Å². The molecule has 0 saturated carbocycles. The summed E-state index contributed by atoms with van der Waals surface area (Å²) in [5.41, 5.74) is 2.85. The van der Waals surface area contributed by atoms with E-state index in [0.29, 0.717) is 13.1 Å². The molecule has 0 bridgehead atoms. The SMILES string of the molecule is Cc1noc(C)c1CN(C)C(=O)NCc1ccc2ccccc2c1. The van der Waals surface area contributed by atoms with Crippen LogP contribution in [0.3, 0.4) is 0 Å². The first kappa shape index (κ1) is 16.1. The molecule has 0 aliphatic heterocycles. The summed E-state index contributed by atoms with van der Waals surface area (Å²) in [4.78, 5) is 13.9. The Hall–Kier alpha value is -2.82. The van der Waals surface area contributed by atoms with Gasteiger partial charge in [-0.25, -0.2) is 4.79 Å². The monoisotopic (exact) mass is 323 g/mol. The molecule has 0 radical (unpaired) electrons. The van der Waals surface area contributed by atoms with E-state index in [4.69, 9.17) is 4.52 Å². The van der Waals surface area contributed by atoms with E-state index in [9.17, 15) is 4.79 Å². The van der Waals surface area contributed by atoms with Crippen molar-refractivity contribution in [3.05, 3.63) is 65.0 Å². The van der Waals surface area contributed by atoms with Crippen LogP contribution in [0.4, 0.5) is 4.79 Å². The van der Waals surface area contributed by atoms with Gasteiger partial charge in [0.2, 0.25) is 0 Å². The third-order valence-electron chi connectivity index (χ3n) is 4.18. The van der Waals surface area contributed by atoms with E-state index in [1.165, 1.54) is 10.8 Å². The van der Waals surface area contributed by atoms with Gasteiger partial charge in [-0.15, -0.1) is 0 Å². The second kappa shape index (κ2) is 6.74. The molecule has 5 nitrogen and oxygen atoms in total. The molecule has 0 saturated heterocycles. The van der Waals surface area contributed by atoms with E-state index in [1.54, 1.807) is 11.9 Å². The van der Waals surface area contributed by atoms with Crippen molar-refractivity contribution in [2.45, 2.75) is 26.9 Å². The third-order valence-corrected chi connectivity index (χ3v) is 4.18. The van der Waals surface area contributed by atoms with Crippen molar-refractivity contribution in [1.82, 2.24) is 15.4 Å². The Balaban J connectivity index is 1.61. The van der Waals surface area contributed by atoms with Crippen LogP contribution in [-0.2, 0) is 13.1 Å². The van der Waals surface area contributed by atoms with Crippen LogP contribution in [0.5, 0.6) is 0 Å². The fraction of sp³-hybridized carbons (Fsp3) is 0.263. The van der Waals surface area contributed by atoms with Gasteiger partial charge in [-0.05, 0) is 36.2 Å². The zero-order valence-corrected chi connectivity index (χ0v) is 14.2. The van der Waals surface area contributed by atoms with Crippen molar-refractivity contribution in [2.75, 3.05) is 7.05 Å². The number of fused-ring (bicyclic) bond motifs is 1. The van der Waals surface area contributed by atoms with Gasteiger partial charge < -0.3 is 14.7 Å². The fourth-order valence-electron chi connectivity index (χ4n) is 2.70. The highest BCUT2D eigenvalue weighted by Crippen LogP contribution is 2.16. The lowest BCUT2D eigenvalue weighted by Crippen LogP contribution is -2.36. The van der Waals surface area contributed by atoms with E-state index in [2.05, 4.69) is 34.7 Å². The number of carbonyl (C=O) groups excluding carboxylic acids is 1. The molecule has 2 aromatic carbocycles. The predicted octanol–water partition coefficient (Wildman–Crippen LogP) is 3.79. The molecular weight excluding hydrogens is 302 g/mol. The number of rotatable bonds is 4. The van der Waals surface area contributed by atoms with Gasteiger partial charge in [-0.1, -0.05) is 41.6 Å². The van der Waals surface area contributed by atoms with Gasteiger partial charge >= 0.3 is 6.03 Å². The second-order valence-electron chi connectivity index (χ2n) is 6.00. The molecule has 0 aliphatic rings. The van der Waals surface area contributed by atoms with Gasteiger partial charge in [-0.2, -0.15) is 0 Å². The van der Waals surface area contributed by atoms with Crippen molar-refractivity contribution < 1.29 is 9.32 Å². The first-order chi connectivity index (χ1) is 11.5. The number of aromatic nitrogens is 1. The highest BCUT2D eigenvalue weighted by molar-refractivity contribution is 5.83. The summed E-state index contributed by atoms with van der Waals surface area (Å²) in [7, 11) is 1.77. The number of urea groups is 1. The van der Waals surface area contributed by atoms with E-state index in [-0.39, 0.29) is 6.03 Å². The summed E-state index contributed by atoms with van der Waals surface area (Å²) in [5.74, 6) is 0.752. The van der Waals surface area contributed by atoms with Crippen LogP contribution < -0.4 is 5.32 Å². The normalized spacial score (nSPS) is 10.8. The quantitative estimate of drug-likeness (QED) is 0.795. The van der Waals surface area contributed by atoms with Gasteiger partial charge in [0.15, 0.2) is 0 Å². The summed E-state index contributed by atoms with van der Waals surface area (Å²) in [6.07, 6.45) is 0. The maximum absolute atomic E-state index is 12.3. The predicted molar refractivity (Wildman–Crippen MR) is 93.6 cm³/mol. The highest BCUT2D eigenvalue weighted by atomic mass is 16.5. The molecule has 0 spiro atoms. The lowest BCUT2D eigenvalue weighted by atomic mass is 10.1. The van der Waals surface area contributed by atoms with Crippen LogP contribution in [0, 0.1) is 13.8 Å². The largest absolute Gasteiger partial charge is 0.361 e.